The van der Waals surface area contributed by atoms with E-state index in [1.54, 1.807) is 30.1 Å². The van der Waals surface area contributed by atoms with Crippen molar-refractivity contribution in [3.63, 3.8) is 0 Å². The Morgan fingerprint density at radius 2 is 2.12 bits per heavy atom. The maximum absolute atomic E-state index is 12.5. The van der Waals surface area contributed by atoms with Gasteiger partial charge in [-0.2, -0.15) is 5.10 Å². The molecule has 1 aromatic heterocycles. The van der Waals surface area contributed by atoms with Gasteiger partial charge in [-0.25, -0.2) is 13.1 Å². The van der Waals surface area contributed by atoms with Crippen LogP contribution in [-0.4, -0.2) is 37.3 Å². The van der Waals surface area contributed by atoms with Crippen LogP contribution in [0.3, 0.4) is 0 Å². The number of hydrogen-bond donors (Lipinski definition) is 1. The lowest BCUT2D eigenvalue weighted by Crippen LogP contribution is -2.38. The summed E-state index contributed by atoms with van der Waals surface area (Å²) in [6.45, 7) is 2.32. The van der Waals surface area contributed by atoms with E-state index in [2.05, 4.69) is 9.82 Å². The molecule has 128 valence electrons. The molecule has 0 radical (unpaired) electrons. The molecule has 0 saturated carbocycles. The number of aryl methyl sites for hydroxylation is 1. The summed E-state index contributed by atoms with van der Waals surface area (Å²) in [6.07, 6.45) is 1.74. The Morgan fingerprint density at radius 1 is 1.33 bits per heavy atom. The molecule has 0 bridgehead atoms. The minimum Gasteiger partial charge on any atom is -0.482 e. The Labute approximate surface area is 140 Å². The number of aromatic nitrogens is 2. The van der Waals surface area contributed by atoms with Gasteiger partial charge in [0.15, 0.2) is 6.61 Å². The molecule has 1 aliphatic rings. The number of ether oxygens (including phenoxy) is 1. The Balaban J connectivity index is 1.86. The first-order chi connectivity index (χ1) is 11.4. The average Bonchev–Trinajstić information content (AvgIpc) is 2.98. The van der Waals surface area contributed by atoms with Crippen molar-refractivity contribution in [2.45, 2.75) is 18.4 Å². The molecule has 0 aliphatic carbocycles. The van der Waals surface area contributed by atoms with Gasteiger partial charge in [-0.05, 0) is 31.2 Å². The molecule has 9 heteroatoms. The van der Waals surface area contributed by atoms with Gasteiger partial charge >= 0.3 is 0 Å². The summed E-state index contributed by atoms with van der Waals surface area (Å²) < 4.78 is 34.4. The number of nitrogens with zero attached hydrogens (tertiary/aromatic N) is 3. The van der Waals surface area contributed by atoms with E-state index in [4.69, 9.17) is 4.74 Å². The number of nitrogens with one attached hydrogen (secondary N) is 1. The zero-order valence-corrected chi connectivity index (χ0v) is 14.2. The summed E-state index contributed by atoms with van der Waals surface area (Å²) in [7, 11) is -1.96. The summed E-state index contributed by atoms with van der Waals surface area (Å²) in [5, 5.41) is 4.13. The molecule has 2 heterocycles. The molecular formula is C15H18N4O4S. The van der Waals surface area contributed by atoms with E-state index >= 15 is 0 Å². The van der Waals surface area contributed by atoms with Crippen LogP contribution in [0.5, 0.6) is 5.75 Å². The van der Waals surface area contributed by atoms with Crippen LogP contribution >= 0.6 is 0 Å². The molecule has 8 nitrogen and oxygen atoms in total. The molecule has 0 spiro atoms. The molecule has 24 heavy (non-hydrogen) atoms. The topological polar surface area (TPSA) is 93.5 Å². The van der Waals surface area contributed by atoms with E-state index in [9.17, 15) is 13.2 Å². The lowest BCUT2D eigenvalue weighted by molar-refractivity contribution is -0.121. The van der Waals surface area contributed by atoms with E-state index in [0.29, 0.717) is 23.7 Å². The first-order valence-electron chi connectivity index (χ1n) is 7.46. The fourth-order valence-corrected chi connectivity index (χ4v) is 3.52. The van der Waals surface area contributed by atoms with Crippen molar-refractivity contribution in [1.29, 1.82) is 0 Å². The van der Waals surface area contributed by atoms with E-state index in [1.165, 1.54) is 17.0 Å². The SMILES string of the molecule is CCN1C(=O)COc2ccc(S(=O)(=O)NCc3ccn(C)n3)cc21. The molecule has 0 unspecified atom stereocenters. The minimum atomic E-state index is -3.72. The van der Waals surface area contributed by atoms with Crippen LogP contribution in [0.2, 0.25) is 0 Å². The van der Waals surface area contributed by atoms with Crippen molar-refractivity contribution in [2.75, 3.05) is 18.1 Å². The zero-order valence-electron chi connectivity index (χ0n) is 13.4. The highest BCUT2D eigenvalue weighted by atomic mass is 32.2. The number of anilines is 1. The molecular weight excluding hydrogens is 332 g/mol. The highest BCUT2D eigenvalue weighted by Crippen LogP contribution is 2.34. The van der Waals surface area contributed by atoms with E-state index in [1.807, 2.05) is 6.92 Å². The van der Waals surface area contributed by atoms with Gasteiger partial charge in [0.25, 0.3) is 5.91 Å². The van der Waals surface area contributed by atoms with E-state index in [0.717, 1.165) is 0 Å². The molecule has 1 N–H and O–H groups in total. The Hall–Kier alpha value is -2.39. The summed E-state index contributed by atoms with van der Waals surface area (Å²) in [4.78, 5) is 13.5. The monoisotopic (exact) mass is 350 g/mol. The van der Waals surface area contributed by atoms with Gasteiger partial charge in [0.1, 0.15) is 5.75 Å². The number of carbonyl (C=O) groups is 1. The Morgan fingerprint density at radius 3 is 2.79 bits per heavy atom. The van der Waals surface area contributed by atoms with Crippen LogP contribution in [0.25, 0.3) is 0 Å². The van der Waals surface area contributed by atoms with Crippen molar-refractivity contribution in [3.05, 3.63) is 36.2 Å². The first kappa shape index (κ1) is 16.5. The predicted molar refractivity (Wildman–Crippen MR) is 87.2 cm³/mol. The fraction of sp³-hybridized carbons (Fsp3) is 0.333. The number of fused-ring (bicyclic) bond motifs is 1. The standard InChI is InChI=1S/C15H18N4O4S/c1-3-19-13-8-12(4-5-14(13)23-10-15(19)20)24(21,22)16-9-11-6-7-18(2)17-11/h4-8,16H,3,9-10H2,1-2H3. The van der Waals surface area contributed by atoms with Crippen molar-refractivity contribution in [2.24, 2.45) is 7.05 Å². The molecule has 1 aliphatic heterocycles. The number of sulfonamides is 1. The van der Waals surface area contributed by atoms with Crippen molar-refractivity contribution in [1.82, 2.24) is 14.5 Å². The fourth-order valence-electron chi connectivity index (χ4n) is 2.51. The number of likely N-dealkylation sites (N-methyl/N-ethyl adjacent to an activating group) is 1. The number of carbonyl (C=O) groups excluding carboxylic acids is 1. The van der Waals surface area contributed by atoms with E-state index < -0.39 is 10.0 Å². The molecule has 1 amide bonds. The summed E-state index contributed by atoms with van der Waals surface area (Å²) in [5.41, 5.74) is 1.09. The smallest absolute Gasteiger partial charge is 0.265 e. The number of rotatable bonds is 5. The second kappa shape index (κ2) is 6.25. The van der Waals surface area contributed by atoms with Crippen molar-refractivity contribution >= 4 is 21.6 Å². The van der Waals surface area contributed by atoms with Crippen LogP contribution < -0.4 is 14.4 Å². The average molecular weight is 350 g/mol. The van der Waals surface area contributed by atoms with Crippen LogP contribution in [0, 0.1) is 0 Å². The lowest BCUT2D eigenvalue weighted by atomic mass is 10.2. The molecule has 2 aromatic rings. The van der Waals surface area contributed by atoms with Gasteiger partial charge in [-0.1, -0.05) is 0 Å². The van der Waals surface area contributed by atoms with Gasteiger partial charge < -0.3 is 9.64 Å². The van der Waals surface area contributed by atoms with Crippen LogP contribution in [0.1, 0.15) is 12.6 Å². The van der Waals surface area contributed by atoms with Crippen molar-refractivity contribution < 1.29 is 17.9 Å². The van der Waals surface area contributed by atoms with Gasteiger partial charge in [-0.3, -0.25) is 9.48 Å². The van der Waals surface area contributed by atoms with Crippen molar-refractivity contribution in [3.8, 4) is 5.75 Å². The largest absolute Gasteiger partial charge is 0.482 e. The maximum Gasteiger partial charge on any atom is 0.265 e. The first-order valence-corrected chi connectivity index (χ1v) is 8.94. The summed E-state index contributed by atoms with van der Waals surface area (Å²) in [5.74, 6) is 0.307. The van der Waals surface area contributed by atoms with Gasteiger partial charge in [-0.15, -0.1) is 0 Å². The lowest BCUT2D eigenvalue weighted by Gasteiger charge is -2.28. The molecule has 0 saturated heterocycles. The quantitative estimate of drug-likeness (QED) is 0.854. The number of amides is 1. The third-order valence-electron chi connectivity index (χ3n) is 3.71. The highest BCUT2D eigenvalue weighted by molar-refractivity contribution is 7.89. The van der Waals surface area contributed by atoms with Gasteiger partial charge in [0.05, 0.1) is 22.8 Å². The van der Waals surface area contributed by atoms with Gasteiger partial charge in [0.2, 0.25) is 10.0 Å². The third-order valence-corrected chi connectivity index (χ3v) is 5.11. The third kappa shape index (κ3) is 3.13. The molecule has 0 fully saturated rings. The maximum atomic E-state index is 12.5. The summed E-state index contributed by atoms with van der Waals surface area (Å²) in [6, 6.07) is 6.22. The number of hydrogen-bond acceptors (Lipinski definition) is 5. The predicted octanol–water partition coefficient (Wildman–Crippen LogP) is 0.644. The normalized spacial score (nSPS) is 14.4. The molecule has 3 rings (SSSR count). The summed E-state index contributed by atoms with van der Waals surface area (Å²) >= 11 is 0. The molecule has 0 atom stereocenters. The highest BCUT2D eigenvalue weighted by Gasteiger charge is 2.26. The molecule has 1 aromatic carbocycles. The Bertz CT molecular complexity index is 875. The van der Waals surface area contributed by atoms with Crippen LogP contribution in [-0.2, 0) is 28.4 Å². The van der Waals surface area contributed by atoms with Gasteiger partial charge in [0, 0.05) is 19.8 Å². The number of benzene rings is 1. The second-order valence-corrected chi connectivity index (χ2v) is 7.13. The minimum absolute atomic E-state index is 0.0368. The Kier molecular flexibility index (Phi) is 4.29. The second-order valence-electron chi connectivity index (χ2n) is 5.36. The van der Waals surface area contributed by atoms with E-state index in [-0.39, 0.29) is 24.0 Å². The van der Waals surface area contributed by atoms with Crippen LogP contribution in [0.15, 0.2) is 35.4 Å². The zero-order chi connectivity index (χ0) is 17.3. The van der Waals surface area contributed by atoms with Crippen LogP contribution in [0.4, 0.5) is 5.69 Å².